The number of hydrogen-bond acceptors (Lipinski definition) is 4. The van der Waals surface area contributed by atoms with E-state index >= 15 is 0 Å². The Hall–Kier alpha value is -2.21. The van der Waals surface area contributed by atoms with Crippen LogP contribution in [0, 0.1) is 5.82 Å². The van der Waals surface area contributed by atoms with Gasteiger partial charge >= 0.3 is 0 Å². The van der Waals surface area contributed by atoms with E-state index in [2.05, 4.69) is 22.1 Å². The van der Waals surface area contributed by atoms with Crippen molar-refractivity contribution in [2.75, 3.05) is 5.75 Å². The molecule has 21 heavy (non-hydrogen) atoms. The van der Waals surface area contributed by atoms with Gasteiger partial charge in [-0.25, -0.2) is 4.39 Å². The molecule has 106 valence electrons. The molecule has 0 saturated heterocycles. The zero-order valence-corrected chi connectivity index (χ0v) is 12.2. The molecule has 0 bridgehead atoms. The van der Waals surface area contributed by atoms with Gasteiger partial charge in [0.1, 0.15) is 5.82 Å². The summed E-state index contributed by atoms with van der Waals surface area (Å²) in [6.45, 7) is 2.05. The van der Waals surface area contributed by atoms with E-state index in [-0.39, 0.29) is 5.82 Å². The van der Waals surface area contributed by atoms with Gasteiger partial charge in [0, 0.05) is 23.6 Å². The normalized spacial score (nSPS) is 10.8. The topological polar surface area (TPSA) is 43.6 Å². The van der Waals surface area contributed by atoms with Crippen LogP contribution in [-0.2, 0) is 0 Å². The van der Waals surface area contributed by atoms with E-state index in [4.69, 9.17) is 0 Å². The molecule has 0 amide bonds. The Bertz CT molecular complexity index is 725. The summed E-state index contributed by atoms with van der Waals surface area (Å²) in [6.07, 6.45) is 3.45. The van der Waals surface area contributed by atoms with Gasteiger partial charge in [-0.15, -0.1) is 10.2 Å². The number of aromatic nitrogens is 4. The van der Waals surface area contributed by atoms with E-state index in [1.54, 1.807) is 36.3 Å². The Kier molecular flexibility index (Phi) is 3.96. The van der Waals surface area contributed by atoms with Crippen LogP contribution in [0.4, 0.5) is 4.39 Å². The minimum absolute atomic E-state index is 0.264. The maximum atomic E-state index is 13.1. The Morgan fingerprint density at radius 2 is 1.95 bits per heavy atom. The molecule has 3 rings (SSSR count). The standard InChI is InChI=1S/C15H13FN4S/c1-2-21-15-19-18-14(11-4-3-9-17-10-11)20(15)13-7-5-12(16)6-8-13/h3-10H,2H2,1H3. The largest absolute Gasteiger partial charge is 0.270 e. The van der Waals surface area contributed by atoms with Crippen LogP contribution in [0.25, 0.3) is 17.1 Å². The molecule has 0 N–H and O–H groups in total. The second kappa shape index (κ2) is 6.05. The van der Waals surface area contributed by atoms with Crippen molar-refractivity contribution in [3.05, 3.63) is 54.6 Å². The molecule has 0 atom stereocenters. The van der Waals surface area contributed by atoms with Gasteiger partial charge in [-0.2, -0.15) is 0 Å². The molecule has 0 aliphatic carbocycles. The van der Waals surface area contributed by atoms with Crippen molar-refractivity contribution in [2.45, 2.75) is 12.1 Å². The lowest BCUT2D eigenvalue weighted by atomic mass is 10.2. The first-order valence-corrected chi connectivity index (χ1v) is 7.52. The first kappa shape index (κ1) is 13.8. The number of pyridine rings is 1. The maximum absolute atomic E-state index is 13.1. The van der Waals surface area contributed by atoms with E-state index in [1.807, 2.05) is 16.7 Å². The quantitative estimate of drug-likeness (QED) is 0.691. The SMILES string of the molecule is CCSc1nnc(-c2cccnc2)n1-c1ccc(F)cc1. The molecule has 3 aromatic rings. The van der Waals surface area contributed by atoms with E-state index in [0.717, 1.165) is 22.2 Å². The number of hydrogen-bond donors (Lipinski definition) is 0. The average Bonchev–Trinajstić information content (AvgIpc) is 2.93. The molecule has 0 spiro atoms. The fourth-order valence-corrected chi connectivity index (χ4v) is 2.68. The predicted octanol–water partition coefficient (Wildman–Crippen LogP) is 3.58. The summed E-state index contributed by atoms with van der Waals surface area (Å²) in [4.78, 5) is 4.12. The van der Waals surface area contributed by atoms with Crippen molar-refractivity contribution in [1.29, 1.82) is 0 Å². The summed E-state index contributed by atoms with van der Waals surface area (Å²) in [5.41, 5.74) is 1.70. The van der Waals surface area contributed by atoms with Crippen LogP contribution in [0.15, 0.2) is 53.9 Å². The van der Waals surface area contributed by atoms with Crippen LogP contribution < -0.4 is 0 Å². The number of nitrogens with zero attached hydrogens (tertiary/aromatic N) is 4. The molecule has 0 aliphatic rings. The molecule has 2 heterocycles. The third-order valence-electron chi connectivity index (χ3n) is 2.91. The number of halogens is 1. The van der Waals surface area contributed by atoms with E-state index in [0.29, 0.717) is 5.82 Å². The van der Waals surface area contributed by atoms with Gasteiger partial charge in [-0.3, -0.25) is 9.55 Å². The number of rotatable bonds is 4. The highest BCUT2D eigenvalue weighted by atomic mass is 32.2. The molecular formula is C15H13FN4S. The third kappa shape index (κ3) is 2.80. The summed E-state index contributed by atoms with van der Waals surface area (Å²) in [5.74, 6) is 1.32. The zero-order valence-electron chi connectivity index (χ0n) is 11.4. The highest BCUT2D eigenvalue weighted by molar-refractivity contribution is 7.99. The van der Waals surface area contributed by atoms with Crippen molar-refractivity contribution >= 4 is 11.8 Å². The monoisotopic (exact) mass is 300 g/mol. The predicted molar refractivity (Wildman–Crippen MR) is 80.9 cm³/mol. The average molecular weight is 300 g/mol. The second-order valence-electron chi connectivity index (χ2n) is 4.29. The zero-order chi connectivity index (χ0) is 14.7. The van der Waals surface area contributed by atoms with Crippen LogP contribution in [-0.4, -0.2) is 25.5 Å². The summed E-state index contributed by atoms with van der Waals surface area (Å²) in [7, 11) is 0. The highest BCUT2D eigenvalue weighted by Gasteiger charge is 2.15. The minimum Gasteiger partial charge on any atom is -0.270 e. The lowest BCUT2D eigenvalue weighted by Gasteiger charge is -2.09. The van der Waals surface area contributed by atoms with Crippen molar-refractivity contribution in [2.24, 2.45) is 0 Å². The summed E-state index contributed by atoms with van der Waals surface area (Å²) >= 11 is 1.59. The van der Waals surface area contributed by atoms with Crippen molar-refractivity contribution in [3.63, 3.8) is 0 Å². The fourth-order valence-electron chi connectivity index (χ4n) is 2.00. The molecular weight excluding hydrogens is 287 g/mol. The summed E-state index contributed by atoms with van der Waals surface area (Å²) in [6, 6.07) is 10.1. The molecule has 4 nitrogen and oxygen atoms in total. The second-order valence-corrected chi connectivity index (χ2v) is 5.52. The van der Waals surface area contributed by atoms with E-state index in [9.17, 15) is 4.39 Å². The minimum atomic E-state index is -0.264. The lowest BCUT2D eigenvalue weighted by molar-refractivity contribution is 0.627. The highest BCUT2D eigenvalue weighted by Crippen LogP contribution is 2.27. The van der Waals surface area contributed by atoms with E-state index < -0.39 is 0 Å². The van der Waals surface area contributed by atoms with Gasteiger partial charge in [-0.1, -0.05) is 18.7 Å². The fraction of sp³-hybridized carbons (Fsp3) is 0.133. The Morgan fingerprint density at radius 3 is 2.62 bits per heavy atom. The van der Waals surface area contributed by atoms with E-state index in [1.165, 1.54) is 12.1 Å². The summed E-state index contributed by atoms with van der Waals surface area (Å²) in [5, 5.41) is 9.28. The molecule has 0 saturated carbocycles. The van der Waals surface area contributed by atoms with Crippen LogP contribution in [0.3, 0.4) is 0 Å². The molecule has 6 heteroatoms. The third-order valence-corrected chi connectivity index (χ3v) is 3.72. The molecule has 0 radical (unpaired) electrons. The van der Waals surface area contributed by atoms with Crippen molar-refractivity contribution < 1.29 is 4.39 Å². The first-order valence-electron chi connectivity index (χ1n) is 6.54. The lowest BCUT2D eigenvalue weighted by Crippen LogP contribution is -2.00. The van der Waals surface area contributed by atoms with Gasteiger partial charge < -0.3 is 0 Å². The van der Waals surface area contributed by atoms with Gasteiger partial charge in [0.05, 0.1) is 0 Å². The Morgan fingerprint density at radius 1 is 1.14 bits per heavy atom. The molecule has 0 aliphatic heterocycles. The number of thioether (sulfide) groups is 1. The molecule has 1 aromatic carbocycles. The molecule has 0 unspecified atom stereocenters. The summed E-state index contributed by atoms with van der Waals surface area (Å²) < 4.78 is 15.1. The Labute approximate surface area is 126 Å². The maximum Gasteiger partial charge on any atom is 0.196 e. The van der Waals surface area contributed by atoms with Crippen molar-refractivity contribution in [1.82, 2.24) is 19.7 Å². The van der Waals surface area contributed by atoms with Crippen LogP contribution in [0.2, 0.25) is 0 Å². The van der Waals surface area contributed by atoms with Crippen molar-refractivity contribution in [3.8, 4) is 17.1 Å². The van der Waals surface area contributed by atoms with Gasteiger partial charge in [0.25, 0.3) is 0 Å². The van der Waals surface area contributed by atoms with Crippen LogP contribution in [0.1, 0.15) is 6.92 Å². The smallest absolute Gasteiger partial charge is 0.196 e. The number of benzene rings is 1. The molecule has 2 aromatic heterocycles. The Balaban J connectivity index is 2.16. The van der Waals surface area contributed by atoms with Gasteiger partial charge in [0.2, 0.25) is 0 Å². The van der Waals surface area contributed by atoms with Gasteiger partial charge in [0.15, 0.2) is 11.0 Å². The van der Waals surface area contributed by atoms with Crippen LogP contribution in [0.5, 0.6) is 0 Å². The van der Waals surface area contributed by atoms with Gasteiger partial charge in [-0.05, 0) is 42.2 Å². The van der Waals surface area contributed by atoms with Crippen LogP contribution >= 0.6 is 11.8 Å². The molecule has 0 fully saturated rings. The first-order chi connectivity index (χ1) is 10.3.